The van der Waals surface area contributed by atoms with Gasteiger partial charge in [-0.3, -0.25) is 0 Å². The van der Waals surface area contributed by atoms with E-state index in [4.69, 9.17) is 28.9 Å². The quantitative estimate of drug-likeness (QED) is 0.881. The first-order valence-electron chi connectivity index (χ1n) is 6.52. The average Bonchev–Trinajstić information content (AvgIpc) is 2.49. The van der Waals surface area contributed by atoms with Crippen LogP contribution in [0.5, 0.6) is 0 Å². The summed E-state index contributed by atoms with van der Waals surface area (Å²) in [5.41, 5.74) is 6.63. The summed E-state index contributed by atoms with van der Waals surface area (Å²) in [5.74, 6) is -0.335. The second-order valence-corrected chi connectivity index (χ2v) is 5.84. The standard InChI is InChI=1S/C16H16Cl2FNO/c17-14-2-1-3-15(18)13(14)8-16(9-20,10-21)11-4-6-12(19)7-5-11/h1-7,21H,8-10,20H2. The molecule has 0 amide bonds. The molecule has 0 aliphatic heterocycles. The van der Waals surface area contributed by atoms with Crippen LogP contribution in [0, 0.1) is 5.82 Å². The number of halogens is 3. The first kappa shape index (κ1) is 16.2. The summed E-state index contributed by atoms with van der Waals surface area (Å²) < 4.78 is 13.1. The molecular formula is C16H16Cl2FNO. The Bertz CT molecular complexity index is 592. The van der Waals surface area contributed by atoms with Crippen LogP contribution in [0.15, 0.2) is 42.5 Å². The molecule has 0 fully saturated rings. The maximum absolute atomic E-state index is 13.1. The van der Waals surface area contributed by atoms with Crippen molar-refractivity contribution < 1.29 is 9.50 Å². The molecule has 2 aromatic carbocycles. The Morgan fingerprint density at radius 3 is 2.10 bits per heavy atom. The molecule has 112 valence electrons. The van der Waals surface area contributed by atoms with Crippen molar-refractivity contribution in [1.82, 2.24) is 0 Å². The van der Waals surface area contributed by atoms with Crippen LogP contribution < -0.4 is 5.73 Å². The van der Waals surface area contributed by atoms with Gasteiger partial charge in [-0.1, -0.05) is 41.4 Å². The van der Waals surface area contributed by atoms with Gasteiger partial charge in [0.25, 0.3) is 0 Å². The number of benzene rings is 2. The maximum atomic E-state index is 13.1. The molecule has 1 atom stereocenters. The van der Waals surface area contributed by atoms with Gasteiger partial charge in [0.1, 0.15) is 5.82 Å². The number of rotatable bonds is 5. The van der Waals surface area contributed by atoms with Gasteiger partial charge < -0.3 is 10.8 Å². The van der Waals surface area contributed by atoms with Gasteiger partial charge in [0, 0.05) is 22.0 Å². The summed E-state index contributed by atoms with van der Waals surface area (Å²) in [6.07, 6.45) is 0.379. The fourth-order valence-corrected chi connectivity index (χ4v) is 2.88. The highest BCUT2D eigenvalue weighted by atomic mass is 35.5. The zero-order valence-corrected chi connectivity index (χ0v) is 12.8. The summed E-state index contributed by atoms with van der Waals surface area (Å²) >= 11 is 12.4. The Morgan fingerprint density at radius 1 is 1.05 bits per heavy atom. The molecule has 21 heavy (non-hydrogen) atoms. The molecule has 0 aliphatic rings. The van der Waals surface area contributed by atoms with Crippen molar-refractivity contribution >= 4 is 23.2 Å². The van der Waals surface area contributed by atoms with E-state index in [2.05, 4.69) is 0 Å². The van der Waals surface area contributed by atoms with Crippen LogP contribution >= 0.6 is 23.2 Å². The predicted molar refractivity (Wildman–Crippen MR) is 84.4 cm³/mol. The van der Waals surface area contributed by atoms with E-state index in [9.17, 15) is 9.50 Å². The summed E-state index contributed by atoms with van der Waals surface area (Å²) in [6.45, 7) is 0.00731. The lowest BCUT2D eigenvalue weighted by molar-refractivity contribution is 0.196. The van der Waals surface area contributed by atoms with Crippen molar-refractivity contribution in [3.05, 3.63) is 69.5 Å². The highest BCUT2D eigenvalue weighted by molar-refractivity contribution is 6.36. The zero-order chi connectivity index (χ0) is 15.5. The Kier molecular flexibility index (Phi) is 5.22. The van der Waals surface area contributed by atoms with Crippen LogP contribution in [-0.2, 0) is 11.8 Å². The zero-order valence-electron chi connectivity index (χ0n) is 11.3. The van der Waals surface area contributed by atoms with E-state index < -0.39 is 5.41 Å². The van der Waals surface area contributed by atoms with Crippen molar-refractivity contribution in [2.75, 3.05) is 13.2 Å². The number of nitrogens with two attached hydrogens (primary N) is 1. The normalized spacial score (nSPS) is 14.0. The van der Waals surface area contributed by atoms with Crippen LogP contribution in [0.25, 0.3) is 0 Å². The number of hydrogen-bond donors (Lipinski definition) is 2. The monoisotopic (exact) mass is 327 g/mol. The summed E-state index contributed by atoms with van der Waals surface area (Å²) in [7, 11) is 0. The average molecular weight is 328 g/mol. The Morgan fingerprint density at radius 2 is 1.62 bits per heavy atom. The van der Waals surface area contributed by atoms with E-state index in [1.165, 1.54) is 12.1 Å². The third kappa shape index (κ3) is 3.38. The topological polar surface area (TPSA) is 46.2 Å². The molecule has 0 saturated carbocycles. The minimum atomic E-state index is -0.748. The number of aliphatic hydroxyl groups is 1. The molecule has 2 rings (SSSR count). The van der Waals surface area contributed by atoms with Crippen LogP contribution in [-0.4, -0.2) is 18.3 Å². The maximum Gasteiger partial charge on any atom is 0.123 e. The van der Waals surface area contributed by atoms with Crippen molar-refractivity contribution in [3.63, 3.8) is 0 Å². The smallest absolute Gasteiger partial charge is 0.123 e. The third-order valence-corrected chi connectivity index (χ3v) is 4.44. The minimum absolute atomic E-state index is 0.184. The lowest BCUT2D eigenvalue weighted by Gasteiger charge is -2.32. The minimum Gasteiger partial charge on any atom is -0.395 e. The largest absolute Gasteiger partial charge is 0.395 e. The lowest BCUT2D eigenvalue weighted by Crippen LogP contribution is -2.41. The lowest BCUT2D eigenvalue weighted by atomic mass is 9.76. The van der Waals surface area contributed by atoms with Gasteiger partial charge in [0.2, 0.25) is 0 Å². The number of hydrogen-bond acceptors (Lipinski definition) is 2. The SMILES string of the molecule is NCC(CO)(Cc1c(Cl)cccc1Cl)c1ccc(F)cc1. The summed E-state index contributed by atoms with van der Waals surface area (Å²) in [4.78, 5) is 0. The van der Waals surface area contributed by atoms with E-state index in [1.54, 1.807) is 30.3 Å². The van der Waals surface area contributed by atoms with Gasteiger partial charge in [-0.2, -0.15) is 0 Å². The molecule has 3 N–H and O–H groups in total. The second kappa shape index (κ2) is 6.75. The van der Waals surface area contributed by atoms with E-state index in [1.807, 2.05) is 0 Å². The summed E-state index contributed by atoms with van der Waals surface area (Å²) in [5, 5.41) is 10.9. The van der Waals surface area contributed by atoms with E-state index in [0.717, 1.165) is 11.1 Å². The molecule has 0 aliphatic carbocycles. The van der Waals surface area contributed by atoms with E-state index in [0.29, 0.717) is 16.5 Å². The summed E-state index contributed by atoms with van der Waals surface area (Å²) in [6, 6.07) is 11.2. The predicted octanol–water partition coefficient (Wildman–Crippen LogP) is 3.56. The molecule has 2 aromatic rings. The fourth-order valence-electron chi connectivity index (χ4n) is 2.35. The van der Waals surface area contributed by atoms with Gasteiger partial charge in [-0.05, 0) is 41.8 Å². The Labute approximate surface area is 133 Å². The van der Waals surface area contributed by atoms with Crippen molar-refractivity contribution in [3.8, 4) is 0 Å². The highest BCUT2D eigenvalue weighted by Gasteiger charge is 2.32. The highest BCUT2D eigenvalue weighted by Crippen LogP contribution is 2.34. The number of aliphatic hydroxyl groups excluding tert-OH is 1. The van der Waals surface area contributed by atoms with Crippen LogP contribution in [0.4, 0.5) is 4.39 Å². The third-order valence-electron chi connectivity index (χ3n) is 3.73. The van der Waals surface area contributed by atoms with Gasteiger partial charge in [0.15, 0.2) is 0 Å². The van der Waals surface area contributed by atoms with Crippen molar-refractivity contribution in [2.45, 2.75) is 11.8 Å². The molecule has 2 nitrogen and oxygen atoms in total. The molecular weight excluding hydrogens is 312 g/mol. The van der Waals surface area contributed by atoms with E-state index in [-0.39, 0.29) is 19.0 Å². The second-order valence-electron chi connectivity index (χ2n) is 5.03. The molecule has 0 radical (unpaired) electrons. The Balaban J connectivity index is 2.45. The van der Waals surface area contributed by atoms with Crippen LogP contribution in [0.3, 0.4) is 0 Å². The van der Waals surface area contributed by atoms with E-state index >= 15 is 0 Å². The fraction of sp³-hybridized carbons (Fsp3) is 0.250. The first-order valence-corrected chi connectivity index (χ1v) is 7.28. The Hall–Kier alpha value is -1.13. The molecule has 0 heterocycles. The van der Waals surface area contributed by atoms with Crippen molar-refractivity contribution in [2.24, 2.45) is 5.73 Å². The molecule has 1 unspecified atom stereocenters. The first-order chi connectivity index (χ1) is 10.0. The van der Waals surface area contributed by atoms with Gasteiger partial charge in [0.05, 0.1) is 6.61 Å². The van der Waals surface area contributed by atoms with Gasteiger partial charge in [-0.15, -0.1) is 0 Å². The van der Waals surface area contributed by atoms with Gasteiger partial charge >= 0.3 is 0 Å². The molecule has 0 saturated heterocycles. The van der Waals surface area contributed by atoms with Crippen LogP contribution in [0.1, 0.15) is 11.1 Å². The van der Waals surface area contributed by atoms with Crippen molar-refractivity contribution in [1.29, 1.82) is 0 Å². The molecule has 0 bridgehead atoms. The van der Waals surface area contributed by atoms with Crippen LogP contribution in [0.2, 0.25) is 10.0 Å². The molecule has 0 aromatic heterocycles. The molecule has 5 heteroatoms. The molecule has 0 spiro atoms. The van der Waals surface area contributed by atoms with Gasteiger partial charge in [-0.25, -0.2) is 4.39 Å².